The lowest BCUT2D eigenvalue weighted by atomic mass is 9.89. The van der Waals surface area contributed by atoms with Gasteiger partial charge in [0.05, 0.1) is 0 Å². The van der Waals surface area contributed by atoms with E-state index in [0.717, 1.165) is 16.7 Å². The highest BCUT2D eigenvalue weighted by Gasteiger charge is 2.17. The van der Waals surface area contributed by atoms with Crippen molar-refractivity contribution in [2.24, 2.45) is 0 Å². The van der Waals surface area contributed by atoms with Crippen molar-refractivity contribution >= 4 is 5.97 Å². The third kappa shape index (κ3) is 2.24. The molecule has 98 valence electrons. The molecule has 1 aromatic heterocycles. The van der Waals surface area contributed by atoms with E-state index in [-0.39, 0.29) is 5.69 Å². The van der Waals surface area contributed by atoms with Gasteiger partial charge in [0.25, 0.3) is 0 Å². The number of hydrogen-bond donors (Lipinski definition) is 1. The van der Waals surface area contributed by atoms with Crippen LogP contribution >= 0.6 is 0 Å². The highest BCUT2D eigenvalue weighted by Crippen LogP contribution is 2.32. The topological polar surface area (TPSA) is 50.2 Å². The Morgan fingerprint density at radius 2 is 1.68 bits per heavy atom. The van der Waals surface area contributed by atoms with E-state index < -0.39 is 5.97 Å². The minimum absolute atomic E-state index is 0.110. The van der Waals surface area contributed by atoms with E-state index in [1.807, 2.05) is 33.8 Å². The molecule has 1 N–H and O–H groups in total. The normalized spacial score (nSPS) is 10.5. The predicted octanol–water partition coefficient (Wildman–Crippen LogP) is 3.68. The molecule has 3 nitrogen and oxygen atoms in total. The minimum Gasteiger partial charge on any atom is -0.476 e. The van der Waals surface area contributed by atoms with E-state index in [0.29, 0.717) is 5.56 Å². The van der Waals surface area contributed by atoms with Gasteiger partial charge in [-0.25, -0.2) is 9.78 Å². The fraction of sp³-hybridized carbons (Fsp3) is 0.250. The van der Waals surface area contributed by atoms with Crippen LogP contribution in [0, 0.1) is 27.7 Å². The van der Waals surface area contributed by atoms with E-state index in [1.54, 1.807) is 6.07 Å². The number of carbonyl (C=O) groups is 1. The van der Waals surface area contributed by atoms with Gasteiger partial charge >= 0.3 is 5.97 Å². The molecular formula is C16H17NO2. The maximum Gasteiger partial charge on any atom is 0.355 e. The van der Waals surface area contributed by atoms with Crippen LogP contribution in [0.25, 0.3) is 11.1 Å². The number of nitrogens with zero attached hydrogens (tertiary/aromatic N) is 1. The SMILES string of the molecule is Cc1cc(C)c(C)c(-c2cccnc2C(=O)O)c1C. The lowest BCUT2D eigenvalue weighted by Gasteiger charge is -2.16. The Hall–Kier alpha value is -2.16. The number of benzene rings is 1. The Balaban J connectivity index is 2.83. The monoisotopic (exact) mass is 255 g/mol. The molecule has 0 amide bonds. The molecule has 0 saturated carbocycles. The Labute approximate surface area is 112 Å². The zero-order chi connectivity index (χ0) is 14.2. The van der Waals surface area contributed by atoms with Gasteiger partial charge in [0, 0.05) is 11.8 Å². The quantitative estimate of drug-likeness (QED) is 0.890. The number of aromatic nitrogens is 1. The summed E-state index contributed by atoms with van der Waals surface area (Å²) < 4.78 is 0. The molecule has 0 aliphatic heterocycles. The summed E-state index contributed by atoms with van der Waals surface area (Å²) in [6, 6.07) is 5.73. The van der Waals surface area contributed by atoms with Crippen molar-refractivity contribution in [2.45, 2.75) is 27.7 Å². The van der Waals surface area contributed by atoms with Crippen molar-refractivity contribution in [1.29, 1.82) is 0 Å². The number of aromatic carboxylic acids is 1. The van der Waals surface area contributed by atoms with Gasteiger partial charge in [0.15, 0.2) is 5.69 Å². The molecule has 1 aromatic carbocycles. The minimum atomic E-state index is -0.992. The molecule has 0 saturated heterocycles. The summed E-state index contributed by atoms with van der Waals surface area (Å²) in [5.74, 6) is -0.992. The third-order valence-electron chi connectivity index (χ3n) is 3.65. The van der Waals surface area contributed by atoms with E-state index >= 15 is 0 Å². The molecule has 0 spiro atoms. The first-order valence-electron chi connectivity index (χ1n) is 6.19. The van der Waals surface area contributed by atoms with Gasteiger partial charge in [0.2, 0.25) is 0 Å². The average molecular weight is 255 g/mol. The van der Waals surface area contributed by atoms with Crippen molar-refractivity contribution in [1.82, 2.24) is 4.98 Å². The summed E-state index contributed by atoms with van der Waals surface area (Å²) in [7, 11) is 0. The van der Waals surface area contributed by atoms with Crippen molar-refractivity contribution < 1.29 is 9.90 Å². The smallest absolute Gasteiger partial charge is 0.355 e. The molecule has 0 bridgehead atoms. The number of hydrogen-bond acceptors (Lipinski definition) is 2. The Bertz CT molecular complexity index is 634. The highest BCUT2D eigenvalue weighted by molar-refractivity contribution is 5.95. The molecule has 0 radical (unpaired) electrons. The van der Waals surface area contributed by atoms with Crippen LogP contribution in [0.5, 0.6) is 0 Å². The second kappa shape index (κ2) is 4.84. The second-order valence-corrected chi connectivity index (χ2v) is 4.84. The van der Waals surface area contributed by atoms with Gasteiger partial charge in [-0.1, -0.05) is 12.1 Å². The molecule has 2 rings (SSSR count). The Morgan fingerprint density at radius 1 is 1.11 bits per heavy atom. The van der Waals surface area contributed by atoms with Crippen LogP contribution in [-0.4, -0.2) is 16.1 Å². The molecule has 0 aliphatic rings. The first-order chi connectivity index (χ1) is 8.93. The molecule has 0 aliphatic carbocycles. The Kier molecular flexibility index (Phi) is 3.38. The third-order valence-corrected chi connectivity index (χ3v) is 3.65. The maximum absolute atomic E-state index is 11.3. The van der Waals surface area contributed by atoms with Gasteiger partial charge in [-0.2, -0.15) is 0 Å². The average Bonchev–Trinajstić information content (AvgIpc) is 2.37. The van der Waals surface area contributed by atoms with Crippen LogP contribution in [-0.2, 0) is 0 Å². The van der Waals surface area contributed by atoms with Crippen LogP contribution < -0.4 is 0 Å². The molecule has 19 heavy (non-hydrogen) atoms. The fourth-order valence-corrected chi connectivity index (χ4v) is 2.40. The van der Waals surface area contributed by atoms with Crippen LogP contribution in [0.1, 0.15) is 32.7 Å². The number of carboxylic acid groups (broad SMARTS) is 1. The van der Waals surface area contributed by atoms with Crippen molar-refractivity contribution in [3.63, 3.8) is 0 Å². The fourth-order valence-electron chi connectivity index (χ4n) is 2.40. The van der Waals surface area contributed by atoms with Gasteiger partial charge in [0.1, 0.15) is 0 Å². The molecule has 3 heteroatoms. The van der Waals surface area contributed by atoms with Crippen LogP contribution in [0.4, 0.5) is 0 Å². The summed E-state index contributed by atoms with van der Waals surface area (Å²) in [6.45, 7) is 8.13. The first-order valence-corrected chi connectivity index (χ1v) is 6.19. The predicted molar refractivity (Wildman–Crippen MR) is 75.6 cm³/mol. The number of rotatable bonds is 2. The standard InChI is InChI=1S/C16H17NO2/c1-9-8-10(2)12(4)14(11(9)3)13-6-5-7-17-15(13)16(18)19/h5-8H,1-4H3,(H,18,19). The van der Waals surface area contributed by atoms with Gasteiger partial charge < -0.3 is 5.11 Å². The van der Waals surface area contributed by atoms with Crippen LogP contribution in [0.15, 0.2) is 24.4 Å². The largest absolute Gasteiger partial charge is 0.476 e. The van der Waals surface area contributed by atoms with E-state index in [1.165, 1.54) is 17.3 Å². The zero-order valence-electron chi connectivity index (χ0n) is 11.6. The summed E-state index contributed by atoms with van der Waals surface area (Å²) >= 11 is 0. The number of carboxylic acids is 1. The van der Waals surface area contributed by atoms with Crippen molar-refractivity contribution in [2.75, 3.05) is 0 Å². The van der Waals surface area contributed by atoms with Crippen LogP contribution in [0.3, 0.4) is 0 Å². The lowest BCUT2D eigenvalue weighted by molar-refractivity contribution is 0.0691. The molecule has 0 unspecified atom stereocenters. The number of pyridine rings is 1. The second-order valence-electron chi connectivity index (χ2n) is 4.84. The lowest BCUT2D eigenvalue weighted by Crippen LogP contribution is -2.05. The Morgan fingerprint density at radius 3 is 2.21 bits per heavy atom. The molecular weight excluding hydrogens is 238 g/mol. The van der Waals surface area contributed by atoms with Crippen LogP contribution in [0.2, 0.25) is 0 Å². The highest BCUT2D eigenvalue weighted by atomic mass is 16.4. The van der Waals surface area contributed by atoms with Gasteiger partial charge in [-0.05, 0) is 61.6 Å². The summed E-state index contributed by atoms with van der Waals surface area (Å²) in [5, 5.41) is 9.28. The summed E-state index contributed by atoms with van der Waals surface area (Å²) in [5.41, 5.74) is 6.34. The zero-order valence-corrected chi connectivity index (χ0v) is 11.6. The van der Waals surface area contributed by atoms with E-state index in [2.05, 4.69) is 11.1 Å². The van der Waals surface area contributed by atoms with Crippen molar-refractivity contribution in [3.05, 3.63) is 52.3 Å². The van der Waals surface area contributed by atoms with Gasteiger partial charge in [-0.15, -0.1) is 0 Å². The van der Waals surface area contributed by atoms with Gasteiger partial charge in [-0.3, -0.25) is 0 Å². The van der Waals surface area contributed by atoms with Crippen molar-refractivity contribution in [3.8, 4) is 11.1 Å². The first kappa shape index (κ1) is 13.3. The summed E-state index contributed by atoms with van der Waals surface area (Å²) in [4.78, 5) is 15.3. The molecule has 1 heterocycles. The molecule has 0 fully saturated rings. The number of aryl methyl sites for hydroxylation is 2. The van der Waals surface area contributed by atoms with E-state index in [9.17, 15) is 9.90 Å². The molecule has 0 atom stereocenters. The van der Waals surface area contributed by atoms with E-state index in [4.69, 9.17) is 0 Å². The molecule has 2 aromatic rings. The summed E-state index contributed by atoms with van der Waals surface area (Å²) in [6.07, 6.45) is 1.51. The maximum atomic E-state index is 11.3.